The normalized spacial score (nSPS) is 12.3. The minimum absolute atomic E-state index is 0.552. The summed E-state index contributed by atoms with van der Waals surface area (Å²) in [6, 6.07) is -0.683. The summed E-state index contributed by atoms with van der Waals surface area (Å²) >= 11 is 1.60. The van der Waals surface area contributed by atoms with Crippen LogP contribution in [0.25, 0.3) is 0 Å². The molecule has 0 saturated carbocycles. The molecule has 0 aromatic rings. The van der Waals surface area contributed by atoms with Crippen LogP contribution >= 0.6 is 11.8 Å². The largest absolute Gasteiger partial charge is 0.480 e. The van der Waals surface area contributed by atoms with Gasteiger partial charge in [-0.05, 0) is 18.4 Å². The van der Waals surface area contributed by atoms with Gasteiger partial charge in [0.25, 0.3) is 0 Å². The molecular weight excluding hydrogens is 330 g/mol. The molecule has 0 bridgehead atoms. The molecule has 1 atom stereocenters. The molecule has 1 unspecified atom stereocenters. The maximum absolute atomic E-state index is 10.1. The van der Waals surface area contributed by atoms with Crippen LogP contribution in [-0.4, -0.2) is 64.2 Å². The predicted molar refractivity (Wildman–Crippen MR) is 67.0 cm³/mol. The second kappa shape index (κ2) is 11.4. The smallest absolute Gasteiger partial charge is 0.394 e. The number of nitrogens with two attached hydrogens (primary N) is 1. The molecule has 11 nitrogen and oxygen atoms in total. The fraction of sp³-hybridized carbons (Fsp3) is 0.800. The van der Waals surface area contributed by atoms with E-state index < -0.39 is 32.8 Å². The number of carboxylic acid groups (broad SMARTS) is 1. The van der Waals surface area contributed by atoms with Crippen LogP contribution in [0.3, 0.4) is 0 Å². The van der Waals surface area contributed by atoms with Crippen LogP contribution in [0.5, 0.6) is 0 Å². The molecule has 0 aliphatic carbocycles. The van der Waals surface area contributed by atoms with Gasteiger partial charge in [-0.25, -0.2) is 0 Å². The first-order valence-corrected chi connectivity index (χ1v) is 8.24. The lowest BCUT2D eigenvalue weighted by molar-refractivity contribution is -0.138. The highest BCUT2D eigenvalue weighted by Crippen LogP contribution is 1.97. The van der Waals surface area contributed by atoms with Gasteiger partial charge < -0.3 is 10.8 Å². The Labute approximate surface area is 114 Å². The van der Waals surface area contributed by atoms with Gasteiger partial charge in [-0.3, -0.25) is 23.0 Å². The molecule has 0 fully saturated rings. The summed E-state index contributed by atoms with van der Waals surface area (Å²) in [5.41, 5.74) is 5.19. The molecule has 118 valence electrons. The molecule has 0 radical (unpaired) electrons. The van der Waals surface area contributed by atoms with Crippen LogP contribution in [0.15, 0.2) is 0 Å². The van der Waals surface area contributed by atoms with Crippen molar-refractivity contribution in [3.63, 3.8) is 0 Å². The number of hydrogen-bond donors (Lipinski definition) is 6. The van der Waals surface area contributed by atoms with Crippen LogP contribution in [0, 0.1) is 0 Å². The topological polar surface area (TPSA) is 213 Å². The van der Waals surface area contributed by atoms with E-state index in [2.05, 4.69) is 0 Å². The predicted octanol–water partition coefficient (Wildman–Crippen LogP) is -1.15. The second-order valence-corrected chi connectivity index (χ2v) is 5.40. The van der Waals surface area contributed by atoms with E-state index in [-0.39, 0.29) is 0 Å². The van der Waals surface area contributed by atoms with Gasteiger partial charge in [0, 0.05) is 0 Å². The van der Waals surface area contributed by atoms with E-state index in [9.17, 15) is 4.79 Å². The Morgan fingerprint density at radius 3 is 1.53 bits per heavy atom. The fourth-order valence-corrected chi connectivity index (χ4v) is 0.858. The summed E-state index contributed by atoms with van der Waals surface area (Å²) in [5, 5.41) is 8.27. The van der Waals surface area contributed by atoms with Gasteiger partial charge in [0.1, 0.15) is 6.04 Å². The zero-order chi connectivity index (χ0) is 16.3. The standard InChI is InChI=1S/C5H11NO2S.2H2O4S/c1-9-3-2-4(6)5(7)8;2*1-5(2,3)4/h4H,2-3,6H2,1H3,(H,7,8);2*(H2,1,2,3,4). The lowest BCUT2D eigenvalue weighted by Crippen LogP contribution is -2.30. The minimum Gasteiger partial charge on any atom is -0.480 e. The molecule has 0 aliphatic rings. The van der Waals surface area contributed by atoms with E-state index in [0.29, 0.717) is 6.42 Å². The first-order valence-electron chi connectivity index (χ1n) is 4.05. The Balaban J connectivity index is -0.000000219. The molecular formula is C5H15NO10S3. The van der Waals surface area contributed by atoms with Crippen molar-refractivity contribution in [1.29, 1.82) is 0 Å². The van der Waals surface area contributed by atoms with E-state index in [4.69, 9.17) is 45.9 Å². The summed E-state index contributed by atoms with van der Waals surface area (Å²) in [5.74, 6) is -0.1000. The van der Waals surface area contributed by atoms with Crippen molar-refractivity contribution in [2.45, 2.75) is 12.5 Å². The van der Waals surface area contributed by atoms with Crippen molar-refractivity contribution in [3.8, 4) is 0 Å². The Morgan fingerprint density at radius 2 is 1.37 bits per heavy atom. The molecule has 0 aromatic heterocycles. The number of aliphatic carboxylic acids is 1. The number of carbonyl (C=O) groups is 1. The lowest BCUT2D eigenvalue weighted by atomic mass is 10.2. The molecule has 0 saturated heterocycles. The maximum Gasteiger partial charge on any atom is 0.394 e. The van der Waals surface area contributed by atoms with Gasteiger partial charge in [0.05, 0.1) is 0 Å². The average molecular weight is 345 g/mol. The van der Waals surface area contributed by atoms with Crippen molar-refractivity contribution in [3.05, 3.63) is 0 Å². The fourth-order valence-electron chi connectivity index (χ4n) is 0.368. The third-order valence-corrected chi connectivity index (χ3v) is 1.59. The summed E-state index contributed by atoms with van der Waals surface area (Å²) in [7, 11) is -9.33. The van der Waals surface area contributed by atoms with Gasteiger partial charge in [-0.15, -0.1) is 0 Å². The van der Waals surface area contributed by atoms with Crippen LogP contribution in [0.2, 0.25) is 0 Å². The molecule has 19 heavy (non-hydrogen) atoms. The molecule has 0 aromatic carbocycles. The lowest BCUT2D eigenvalue weighted by Gasteiger charge is -2.02. The SMILES string of the molecule is CSCCC(N)C(=O)O.O=S(=O)(O)O.O=S(=O)(O)O. The molecule has 0 aliphatic heterocycles. The highest BCUT2D eigenvalue weighted by atomic mass is 32.3. The van der Waals surface area contributed by atoms with E-state index in [1.807, 2.05) is 6.26 Å². The Hall–Kier alpha value is -0.480. The van der Waals surface area contributed by atoms with E-state index in [1.165, 1.54) is 0 Å². The van der Waals surface area contributed by atoms with Gasteiger partial charge in [-0.1, -0.05) is 0 Å². The van der Waals surface area contributed by atoms with Crippen LogP contribution in [-0.2, 0) is 25.6 Å². The number of hydrogen-bond acceptors (Lipinski definition) is 7. The quantitative estimate of drug-likeness (QED) is 0.333. The summed E-state index contributed by atoms with van der Waals surface area (Å²) < 4.78 is 63.2. The van der Waals surface area contributed by atoms with E-state index >= 15 is 0 Å². The van der Waals surface area contributed by atoms with Crippen molar-refractivity contribution in [1.82, 2.24) is 0 Å². The molecule has 0 heterocycles. The van der Waals surface area contributed by atoms with E-state index in [1.54, 1.807) is 11.8 Å². The molecule has 14 heteroatoms. The van der Waals surface area contributed by atoms with Crippen molar-refractivity contribution in [2.24, 2.45) is 5.73 Å². The number of carboxylic acids is 1. The molecule has 7 N–H and O–H groups in total. The van der Waals surface area contributed by atoms with Crippen molar-refractivity contribution in [2.75, 3.05) is 12.0 Å². The highest BCUT2D eigenvalue weighted by molar-refractivity contribution is 7.98. The third-order valence-electron chi connectivity index (χ3n) is 0.950. The van der Waals surface area contributed by atoms with Gasteiger partial charge in [0.2, 0.25) is 0 Å². The molecule has 0 rings (SSSR count). The number of rotatable bonds is 4. The Kier molecular flexibility index (Phi) is 14.1. The van der Waals surface area contributed by atoms with Gasteiger partial charge in [-0.2, -0.15) is 28.6 Å². The monoisotopic (exact) mass is 345 g/mol. The van der Waals surface area contributed by atoms with Gasteiger partial charge >= 0.3 is 26.8 Å². The third kappa shape index (κ3) is 74.6. The van der Waals surface area contributed by atoms with Crippen LogP contribution in [0.1, 0.15) is 6.42 Å². The number of thioether (sulfide) groups is 1. The van der Waals surface area contributed by atoms with Gasteiger partial charge in [0.15, 0.2) is 0 Å². The first kappa shape index (κ1) is 23.6. The Bertz CT molecular complexity index is 382. The summed E-state index contributed by atoms with van der Waals surface area (Å²) in [6.45, 7) is 0. The zero-order valence-corrected chi connectivity index (χ0v) is 12.0. The minimum atomic E-state index is -4.67. The average Bonchev–Trinajstić information content (AvgIpc) is 2.08. The second-order valence-electron chi connectivity index (χ2n) is 2.62. The first-order chi connectivity index (χ1) is 8.18. The maximum atomic E-state index is 10.1. The zero-order valence-electron chi connectivity index (χ0n) is 9.57. The summed E-state index contributed by atoms with van der Waals surface area (Å²) in [4.78, 5) is 10.1. The van der Waals surface area contributed by atoms with Crippen molar-refractivity contribution >= 4 is 38.5 Å². The summed E-state index contributed by atoms with van der Waals surface area (Å²) in [6.07, 6.45) is 2.48. The van der Waals surface area contributed by atoms with Crippen LogP contribution in [0.4, 0.5) is 0 Å². The van der Waals surface area contributed by atoms with E-state index in [0.717, 1.165) is 5.75 Å². The van der Waals surface area contributed by atoms with Crippen LogP contribution < -0.4 is 5.73 Å². The Morgan fingerprint density at radius 1 is 1.11 bits per heavy atom. The molecule has 0 spiro atoms. The van der Waals surface area contributed by atoms with Crippen molar-refractivity contribution < 1.29 is 44.9 Å². The molecule has 0 amide bonds. The highest BCUT2D eigenvalue weighted by Gasteiger charge is 2.08.